The van der Waals surface area contributed by atoms with Crippen molar-refractivity contribution < 1.29 is 9.53 Å². The molecule has 1 rings (SSSR count). The van der Waals surface area contributed by atoms with Crippen molar-refractivity contribution >= 4 is 8.32 Å². The maximum Gasteiger partial charge on any atom is 0.192 e. The fraction of sp³-hybridized carbons (Fsp3) is 0.857. The summed E-state index contributed by atoms with van der Waals surface area (Å²) in [7, 11) is -1.70. The zero-order valence-electron chi connectivity index (χ0n) is 12.4. The van der Waals surface area contributed by atoms with Crippen LogP contribution in [0.2, 0.25) is 18.1 Å². The Bertz CT molecular complexity index is 309. The second-order valence-electron chi connectivity index (χ2n) is 6.98. The zero-order valence-corrected chi connectivity index (χ0v) is 13.4. The lowest BCUT2D eigenvalue weighted by Gasteiger charge is -2.38. The maximum absolute atomic E-state index is 10.0. The number of aliphatic hydroxyl groups is 1. The molecular weight excluding hydrogens is 228 g/mol. The van der Waals surface area contributed by atoms with Crippen LogP contribution >= 0.6 is 0 Å². The van der Waals surface area contributed by atoms with Crippen molar-refractivity contribution in [2.75, 3.05) is 0 Å². The van der Waals surface area contributed by atoms with E-state index >= 15 is 0 Å². The first kappa shape index (κ1) is 14.9. The summed E-state index contributed by atoms with van der Waals surface area (Å²) in [5, 5.41) is 10.2. The first-order valence-electron chi connectivity index (χ1n) is 6.56. The Hall–Kier alpha value is -0.123. The monoisotopic (exact) mass is 256 g/mol. The van der Waals surface area contributed by atoms with E-state index in [0.29, 0.717) is 0 Å². The molecule has 0 aliphatic heterocycles. The van der Waals surface area contributed by atoms with E-state index in [0.717, 1.165) is 12.8 Å². The molecule has 1 fully saturated rings. The Kier molecular flexibility index (Phi) is 4.27. The molecule has 1 saturated carbocycles. The molecular formula is C14H28O2Si. The molecule has 1 aliphatic rings. The minimum atomic E-state index is -1.70. The fourth-order valence-electron chi connectivity index (χ4n) is 2.08. The molecule has 100 valence electrons. The van der Waals surface area contributed by atoms with Crippen molar-refractivity contribution in [1.82, 2.24) is 0 Å². The van der Waals surface area contributed by atoms with Gasteiger partial charge in [0.15, 0.2) is 8.32 Å². The summed E-state index contributed by atoms with van der Waals surface area (Å²) in [4.78, 5) is 0. The Morgan fingerprint density at radius 3 is 2.18 bits per heavy atom. The molecule has 0 amide bonds. The second-order valence-corrected chi connectivity index (χ2v) is 11.7. The van der Waals surface area contributed by atoms with Gasteiger partial charge in [-0.05, 0) is 44.0 Å². The molecule has 2 nitrogen and oxygen atoms in total. The van der Waals surface area contributed by atoms with E-state index in [9.17, 15) is 5.11 Å². The summed E-state index contributed by atoms with van der Waals surface area (Å²) in [6.07, 6.45) is 1.62. The van der Waals surface area contributed by atoms with Gasteiger partial charge in [-0.2, -0.15) is 0 Å². The SMILES string of the molecule is CC(C)=C1C[C@@H](O[Si](C)(C)C(C)(C)C)C[C@H]1O. The van der Waals surface area contributed by atoms with Gasteiger partial charge in [-0.3, -0.25) is 0 Å². The Morgan fingerprint density at radius 1 is 1.29 bits per heavy atom. The first-order chi connectivity index (χ1) is 7.54. The second kappa shape index (κ2) is 4.86. The van der Waals surface area contributed by atoms with Crippen molar-refractivity contribution in [3.05, 3.63) is 11.1 Å². The van der Waals surface area contributed by atoms with Crippen LogP contribution in [-0.4, -0.2) is 25.6 Å². The van der Waals surface area contributed by atoms with Crippen LogP contribution in [0.15, 0.2) is 11.1 Å². The molecule has 0 radical (unpaired) electrons. The van der Waals surface area contributed by atoms with Gasteiger partial charge in [0.05, 0.1) is 12.2 Å². The summed E-state index contributed by atoms with van der Waals surface area (Å²) in [6.45, 7) is 15.5. The van der Waals surface area contributed by atoms with Crippen molar-refractivity contribution in [1.29, 1.82) is 0 Å². The van der Waals surface area contributed by atoms with Crippen molar-refractivity contribution in [3.8, 4) is 0 Å². The molecule has 0 bridgehead atoms. The smallest absolute Gasteiger partial charge is 0.192 e. The molecule has 1 aliphatic carbocycles. The highest BCUT2D eigenvalue weighted by molar-refractivity contribution is 6.74. The van der Waals surface area contributed by atoms with E-state index in [-0.39, 0.29) is 17.2 Å². The molecule has 1 N–H and O–H groups in total. The minimum Gasteiger partial charge on any atom is -0.414 e. The maximum atomic E-state index is 10.0. The van der Waals surface area contributed by atoms with Crippen molar-refractivity contribution in [2.45, 2.75) is 77.8 Å². The lowest BCUT2D eigenvalue weighted by atomic mass is 10.1. The molecule has 17 heavy (non-hydrogen) atoms. The van der Waals surface area contributed by atoms with E-state index in [1.807, 2.05) is 0 Å². The third-order valence-corrected chi connectivity index (χ3v) is 8.78. The van der Waals surface area contributed by atoms with Gasteiger partial charge in [-0.15, -0.1) is 0 Å². The summed E-state index contributed by atoms with van der Waals surface area (Å²) in [5.41, 5.74) is 2.44. The topological polar surface area (TPSA) is 29.5 Å². The van der Waals surface area contributed by atoms with Gasteiger partial charge in [-0.25, -0.2) is 0 Å². The number of rotatable bonds is 2. The molecule has 2 atom stereocenters. The van der Waals surface area contributed by atoms with Crippen molar-refractivity contribution in [3.63, 3.8) is 0 Å². The van der Waals surface area contributed by atoms with E-state index in [1.54, 1.807) is 0 Å². The highest BCUT2D eigenvalue weighted by Crippen LogP contribution is 2.40. The number of aliphatic hydroxyl groups excluding tert-OH is 1. The molecule has 0 saturated heterocycles. The Balaban J connectivity index is 2.72. The molecule has 0 spiro atoms. The average molecular weight is 256 g/mol. The molecule has 0 aromatic carbocycles. The molecule has 0 unspecified atom stereocenters. The van der Waals surface area contributed by atoms with Crippen molar-refractivity contribution in [2.24, 2.45) is 0 Å². The van der Waals surface area contributed by atoms with Crippen LogP contribution in [0.25, 0.3) is 0 Å². The van der Waals surface area contributed by atoms with Crippen LogP contribution in [0.3, 0.4) is 0 Å². The van der Waals surface area contributed by atoms with Crippen LogP contribution in [0, 0.1) is 0 Å². The first-order valence-corrected chi connectivity index (χ1v) is 9.47. The normalized spacial score (nSPS) is 26.5. The van der Waals surface area contributed by atoms with E-state index < -0.39 is 8.32 Å². The van der Waals surface area contributed by atoms with Gasteiger partial charge >= 0.3 is 0 Å². The number of hydrogen-bond donors (Lipinski definition) is 1. The van der Waals surface area contributed by atoms with E-state index in [2.05, 4.69) is 47.7 Å². The number of hydrogen-bond acceptors (Lipinski definition) is 2. The van der Waals surface area contributed by atoms with Gasteiger partial charge in [0.25, 0.3) is 0 Å². The standard InChI is InChI=1S/C14H28O2Si/c1-10(2)12-8-11(9-13(12)15)16-17(6,7)14(3,4)5/h11,13,15H,8-9H2,1-7H3/t11-,13-/m1/s1. The zero-order chi connectivity index (χ0) is 13.4. The third kappa shape index (κ3) is 3.43. The van der Waals surface area contributed by atoms with Gasteiger partial charge < -0.3 is 9.53 Å². The quantitative estimate of drug-likeness (QED) is 0.600. The summed E-state index contributed by atoms with van der Waals surface area (Å²) >= 11 is 0. The highest BCUT2D eigenvalue weighted by atomic mass is 28.4. The van der Waals surface area contributed by atoms with Crippen LogP contribution in [0.1, 0.15) is 47.5 Å². The lowest BCUT2D eigenvalue weighted by Crippen LogP contribution is -2.43. The Morgan fingerprint density at radius 2 is 1.82 bits per heavy atom. The van der Waals surface area contributed by atoms with Gasteiger partial charge in [0.1, 0.15) is 0 Å². The average Bonchev–Trinajstić information content (AvgIpc) is 2.43. The summed E-state index contributed by atoms with van der Waals surface area (Å²) < 4.78 is 6.36. The molecule has 0 aromatic rings. The molecule has 0 heterocycles. The van der Waals surface area contributed by atoms with Gasteiger partial charge in [0, 0.05) is 6.42 Å². The van der Waals surface area contributed by atoms with E-state index in [4.69, 9.17) is 4.43 Å². The predicted octanol–water partition coefficient (Wildman–Crippen LogP) is 3.87. The largest absolute Gasteiger partial charge is 0.414 e. The minimum absolute atomic E-state index is 0.218. The summed E-state index contributed by atoms with van der Waals surface area (Å²) in [6, 6.07) is 0. The molecule has 0 aromatic heterocycles. The van der Waals surface area contributed by atoms with Crippen LogP contribution < -0.4 is 0 Å². The van der Waals surface area contributed by atoms with Gasteiger partial charge in [0.2, 0.25) is 0 Å². The van der Waals surface area contributed by atoms with Crippen LogP contribution in [-0.2, 0) is 4.43 Å². The van der Waals surface area contributed by atoms with Crippen LogP contribution in [0.4, 0.5) is 0 Å². The predicted molar refractivity (Wildman–Crippen MR) is 75.7 cm³/mol. The third-order valence-electron chi connectivity index (χ3n) is 4.25. The fourth-order valence-corrected chi connectivity index (χ4v) is 3.44. The van der Waals surface area contributed by atoms with Gasteiger partial charge in [-0.1, -0.05) is 26.3 Å². The molecule has 3 heteroatoms. The lowest BCUT2D eigenvalue weighted by molar-refractivity contribution is 0.147. The Labute approximate surface area is 107 Å². The summed E-state index contributed by atoms with van der Waals surface area (Å²) in [5.74, 6) is 0. The van der Waals surface area contributed by atoms with Crippen LogP contribution in [0.5, 0.6) is 0 Å². The number of allylic oxidation sites excluding steroid dienone is 1. The highest BCUT2D eigenvalue weighted by Gasteiger charge is 2.41. The van der Waals surface area contributed by atoms with E-state index in [1.165, 1.54) is 11.1 Å².